The van der Waals surface area contributed by atoms with E-state index in [0.29, 0.717) is 23.8 Å². The summed E-state index contributed by atoms with van der Waals surface area (Å²) in [5.41, 5.74) is 7.75. The minimum atomic E-state index is -0.193. The van der Waals surface area contributed by atoms with Crippen molar-refractivity contribution in [1.29, 1.82) is 0 Å². The van der Waals surface area contributed by atoms with Crippen LogP contribution >= 0.6 is 0 Å². The molecule has 2 aliphatic rings. The number of nitrogen functional groups attached to an aromatic ring is 1. The molecule has 3 rings (SSSR count). The highest BCUT2D eigenvalue weighted by Crippen LogP contribution is 2.42. The fraction of sp³-hybridized carbons (Fsp3) is 0.714. The van der Waals surface area contributed by atoms with Crippen LogP contribution in [0, 0.1) is 0 Å². The van der Waals surface area contributed by atoms with Crippen molar-refractivity contribution in [3.63, 3.8) is 0 Å². The summed E-state index contributed by atoms with van der Waals surface area (Å²) >= 11 is 0. The van der Waals surface area contributed by atoms with E-state index in [4.69, 9.17) is 10.5 Å². The van der Waals surface area contributed by atoms with Crippen molar-refractivity contribution in [2.45, 2.75) is 50.5 Å². The second-order valence-corrected chi connectivity index (χ2v) is 5.71. The van der Waals surface area contributed by atoms with Crippen LogP contribution in [0.4, 0.5) is 5.69 Å². The minimum absolute atomic E-state index is 0.193. The maximum absolute atomic E-state index is 12.0. The van der Waals surface area contributed by atoms with E-state index in [0.717, 1.165) is 44.4 Å². The normalized spacial score (nSPS) is 22.7. The molecule has 1 aliphatic carbocycles. The van der Waals surface area contributed by atoms with E-state index in [1.54, 1.807) is 0 Å². The highest BCUT2D eigenvalue weighted by atomic mass is 16.5. The first-order chi connectivity index (χ1) is 9.75. The molecule has 0 spiro atoms. The molecule has 110 valence electrons. The van der Waals surface area contributed by atoms with Gasteiger partial charge in [0.05, 0.1) is 17.5 Å². The number of hydrogen-bond acceptors (Lipinski definition) is 4. The van der Waals surface area contributed by atoms with Gasteiger partial charge in [-0.25, -0.2) is 0 Å². The van der Waals surface area contributed by atoms with Gasteiger partial charge >= 0.3 is 0 Å². The highest BCUT2D eigenvalue weighted by Gasteiger charge is 2.30. The maximum Gasteiger partial charge on any atom is 0.273 e. The molecular weight excluding hydrogens is 256 g/mol. The Kier molecular flexibility index (Phi) is 3.91. The number of anilines is 1. The van der Waals surface area contributed by atoms with Gasteiger partial charge in [-0.1, -0.05) is 0 Å². The SMILES string of the molecule is Nc1c(C(=O)NCCC2CCCCO2)n[nH]c1C1CC1. The van der Waals surface area contributed by atoms with Gasteiger partial charge in [-0.15, -0.1) is 0 Å². The molecule has 1 aromatic heterocycles. The van der Waals surface area contributed by atoms with Gasteiger partial charge in [0.1, 0.15) is 0 Å². The van der Waals surface area contributed by atoms with Gasteiger partial charge in [0.25, 0.3) is 5.91 Å². The van der Waals surface area contributed by atoms with Crippen LogP contribution in [-0.2, 0) is 4.74 Å². The summed E-state index contributed by atoms with van der Waals surface area (Å²) in [6.07, 6.45) is 6.85. The molecule has 0 radical (unpaired) electrons. The number of rotatable bonds is 5. The number of nitrogens with one attached hydrogen (secondary N) is 2. The van der Waals surface area contributed by atoms with Crippen LogP contribution in [0.2, 0.25) is 0 Å². The summed E-state index contributed by atoms with van der Waals surface area (Å²) in [7, 11) is 0. The van der Waals surface area contributed by atoms with Crippen molar-refractivity contribution in [1.82, 2.24) is 15.5 Å². The molecule has 1 saturated carbocycles. The number of carbonyl (C=O) groups is 1. The third-order valence-corrected chi connectivity index (χ3v) is 4.06. The summed E-state index contributed by atoms with van der Waals surface area (Å²) in [5, 5.41) is 9.82. The van der Waals surface area contributed by atoms with Crippen LogP contribution in [0.25, 0.3) is 0 Å². The predicted octanol–water partition coefficient (Wildman–Crippen LogP) is 1.56. The Labute approximate surface area is 118 Å². The quantitative estimate of drug-likeness (QED) is 0.762. The molecule has 1 saturated heterocycles. The molecule has 1 aliphatic heterocycles. The number of amides is 1. The lowest BCUT2D eigenvalue weighted by Crippen LogP contribution is -2.30. The number of aromatic amines is 1. The van der Waals surface area contributed by atoms with Crippen molar-refractivity contribution in [2.24, 2.45) is 0 Å². The Morgan fingerprint density at radius 3 is 2.95 bits per heavy atom. The number of H-pyrrole nitrogens is 1. The average Bonchev–Trinajstić information content (AvgIpc) is 3.23. The van der Waals surface area contributed by atoms with E-state index in [1.807, 2.05) is 0 Å². The zero-order valence-electron chi connectivity index (χ0n) is 11.7. The molecule has 1 amide bonds. The smallest absolute Gasteiger partial charge is 0.273 e. The Bertz CT molecular complexity index is 476. The molecule has 4 N–H and O–H groups in total. The van der Waals surface area contributed by atoms with E-state index >= 15 is 0 Å². The molecule has 6 nitrogen and oxygen atoms in total. The number of aromatic nitrogens is 2. The van der Waals surface area contributed by atoms with Gasteiger partial charge in [-0.05, 0) is 38.5 Å². The van der Waals surface area contributed by atoms with E-state index < -0.39 is 0 Å². The number of hydrogen-bond donors (Lipinski definition) is 3. The average molecular weight is 278 g/mol. The molecule has 6 heteroatoms. The van der Waals surface area contributed by atoms with Crippen molar-refractivity contribution < 1.29 is 9.53 Å². The number of ether oxygens (including phenoxy) is 1. The lowest BCUT2D eigenvalue weighted by Gasteiger charge is -2.22. The molecule has 1 aromatic rings. The first-order valence-electron chi connectivity index (χ1n) is 7.49. The first kappa shape index (κ1) is 13.4. The van der Waals surface area contributed by atoms with Crippen molar-refractivity contribution in [3.8, 4) is 0 Å². The molecular formula is C14H22N4O2. The fourth-order valence-electron chi connectivity index (χ4n) is 2.69. The molecule has 0 aromatic carbocycles. The lowest BCUT2D eigenvalue weighted by molar-refractivity contribution is 0.0117. The molecule has 2 heterocycles. The summed E-state index contributed by atoms with van der Waals surface area (Å²) in [5.74, 6) is 0.279. The van der Waals surface area contributed by atoms with E-state index in [-0.39, 0.29) is 12.0 Å². The topological polar surface area (TPSA) is 93.0 Å². The molecule has 1 atom stereocenters. The summed E-state index contributed by atoms with van der Waals surface area (Å²) in [4.78, 5) is 12.0. The Morgan fingerprint density at radius 1 is 1.40 bits per heavy atom. The van der Waals surface area contributed by atoms with Gasteiger partial charge in [0.2, 0.25) is 0 Å². The van der Waals surface area contributed by atoms with Gasteiger partial charge < -0.3 is 15.8 Å². The largest absolute Gasteiger partial charge is 0.395 e. The van der Waals surface area contributed by atoms with Crippen LogP contribution in [0.5, 0.6) is 0 Å². The standard InChI is InChI=1S/C14H22N4O2/c15-11-12(9-4-5-9)17-18-13(11)14(19)16-7-6-10-3-1-2-8-20-10/h9-10H,1-8,15H2,(H,16,19)(H,17,18). The third-order valence-electron chi connectivity index (χ3n) is 4.06. The number of nitrogens with two attached hydrogens (primary N) is 1. The summed E-state index contributed by atoms with van der Waals surface area (Å²) in [6, 6.07) is 0. The second-order valence-electron chi connectivity index (χ2n) is 5.71. The van der Waals surface area contributed by atoms with E-state index in [9.17, 15) is 4.79 Å². The third kappa shape index (κ3) is 2.95. The molecule has 0 bridgehead atoms. The summed E-state index contributed by atoms with van der Waals surface area (Å²) in [6.45, 7) is 1.45. The Morgan fingerprint density at radius 2 is 2.25 bits per heavy atom. The summed E-state index contributed by atoms with van der Waals surface area (Å²) < 4.78 is 5.64. The van der Waals surface area contributed by atoms with Crippen LogP contribution in [-0.4, -0.2) is 35.4 Å². The predicted molar refractivity (Wildman–Crippen MR) is 75.5 cm³/mol. The lowest BCUT2D eigenvalue weighted by atomic mass is 10.1. The highest BCUT2D eigenvalue weighted by molar-refractivity contribution is 5.97. The monoisotopic (exact) mass is 278 g/mol. The maximum atomic E-state index is 12.0. The first-order valence-corrected chi connectivity index (χ1v) is 7.49. The van der Waals surface area contributed by atoms with E-state index in [1.165, 1.54) is 6.42 Å². The fourth-order valence-corrected chi connectivity index (χ4v) is 2.69. The van der Waals surface area contributed by atoms with Gasteiger partial charge in [0, 0.05) is 19.1 Å². The minimum Gasteiger partial charge on any atom is -0.395 e. The zero-order chi connectivity index (χ0) is 13.9. The van der Waals surface area contributed by atoms with Gasteiger partial charge in [-0.2, -0.15) is 5.10 Å². The van der Waals surface area contributed by atoms with Gasteiger partial charge in [-0.3, -0.25) is 9.89 Å². The second kappa shape index (κ2) is 5.83. The Balaban J connectivity index is 1.48. The van der Waals surface area contributed by atoms with E-state index in [2.05, 4.69) is 15.5 Å². The zero-order valence-corrected chi connectivity index (χ0v) is 11.7. The number of nitrogens with zero attached hydrogens (tertiary/aromatic N) is 1. The van der Waals surface area contributed by atoms with Crippen molar-refractivity contribution in [2.75, 3.05) is 18.9 Å². The van der Waals surface area contributed by atoms with Crippen molar-refractivity contribution >= 4 is 11.6 Å². The van der Waals surface area contributed by atoms with Crippen molar-refractivity contribution in [3.05, 3.63) is 11.4 Å². The van der Waals surface area contributed by atoms with Crippen LogP contribution in [0.15, 0.2) is 0 Å². The Hall–Kier alpha value is -1.56. The van der Waals surface area contributed by atoms with Gasteiger partial charge in [0.15, 0.2) is 5.69 Å². The van der Waals surface area contributed by atoms with Crippen LogP contribution in [0.3, 0.4) is 0 Å². The van der Waals surface area contributed by atoms with Crippen LogP contribution < -0.4 is 11.1 Å². The number of carbonyl (C=O) groups excluding carboxylic acids is 1. The molecule has 2 fully saturated rings. The molecule has 1 unspecified atom stereocenters. The molecule has 20 heavy (non-hydrogen) atoms. The van der Waals surface area contributed by atoms with Crippen LogP contribution in [0.1, 0.15) is 60.6 Å².